The van der Waals surface area contributed by atoms with Gasteiger partial charge in [-0.15, -0.1) is 0 Å². The lowest BCUT2D eigenvalue weighted by atomic mass is 9.98. The number of alkyl carbamates (subject to hydrolysis) is 1. The zero-order valence-corrected chi connectivity index (χ0v) is 18.0. The third-order valence-corrected chi connectivity index (χ3v) is 5.85. The molecule has 0 aromatic heterocycles. The first-order valence-electron chi connectivity index (χ1n) is 9.85. The summed E-state index contributed by atoms with van der Waals surface area (Å²) in [4.78, 5) is 12.2. The molecule has 2 atom stereocenters. The van der Waals surface area contributed by atoms with Gasteiger partial charge in [0.1, 0.15) is 24.6 Å². The summed E-state index contributed by atoms with van der Waals surface area (Å²) in [6.07, 6.45) is -3.39. The summed E-state index contributed by atoms with van der Waals surface area (Å²) < 4.78 is 19.4. The second-order valence-electron chi connectivity index (χ2n) is 7.42. The van der Waals surface area contributed by atoms with Crippen molar-refractivity contribution >= 4 is 22.0 Å². The monoisotopic (exact) mass is 485 g/mol. The molecule has 0 bridgehead atoms. The van der Waals surface area contributed by atoms with Crippen LogP contribution in [0.25, 0.3) is 11.1 Å². The normalized spacial score (nSPS) is 14.5. The van der Waals surface area contributed by atoms with Crippen LogP contribution in [0.4, 0.5) is 9.18 Å². The van der Waals surface area contributed by atoms with Crippen LogP contribution in [-0.2, 0) is 4.74 Å². The van der Waals surface area contributed by atoms with Crippen molar-refractivity contribution < 1.29 is 24.1 Å². The van der Waals surface area contributed by atoms with Gasteiger partial charge in [0.15, 0.2) is 0 Å². The average molecular weight is 486 g/mol. The number of amides is 1. The third-order valence-electron chi connectivity index (χ3n) is 5.39. The number of aliphatic hydroxyl groups is 2. The Labute approximate surface area is 187 Å². The van der Waals surface area contributed by atoms with Crippen molar-refractivity contribution in [1.82, 2.24) is 5.32 Å². The highest BCUT2D eigenvalue weighted by Crippen LogP contribution is 2.44. The fourth-order valence-electron chi connectivity index (χ4n) is 3.92. The molecule has 0 heterocycles. The van der Waals surface area contributed by atoms with Gasteiger partial charge in [-0.05, 0) is 46.0 Å². The van der Waals surface area contributed by atoms with Crippen LogP contribution in [0.1, 0.15) is 28.7 Å². The number of ether oxygens (including phenoxy) is 1. The van der Waals surface area contributed by atoms with E-state index in [0.717, 1.165) is 28.3 Å². The standard InChI is InChI=1S/C24H21BrFNO4/c25-15-9-14(10-16(26)11-15)23(29)22(28)12-27-24(30)31-13-21-19-7-3-1-5-17(19)18-6-2-4-8-20(18)21/h1-11,21-23,28-29H,12-13H2,(H,27,30). The minimum atomic E-state index is -1.36. The lowest BCUT2D eigenvalue weighted by molar-refractivity contribution is 0.0183. The zero-order chi connectivity index (χ0) is 22.0. The lowest BCUT2D eigenvalue weighted by Gasteiger charge is -2.19. The van der Waals surface area contributed by atoms with Crippen LogP contribution < -0.4 is 5.32 Å². The van der Waals surface area contributed by atoms with Crippen LogP contribution in [0.2, 0.25) is 0 Å². The number of carbonyl (C=O) groups is 1. The minimum Gasteiger partial charge on any atom is -0.449 e. The van der Waals surface area contributed by atoms with Crippen LogP contribution in [0, 0.1) is 5.82 Å². The molecule has 7 heteroatoms. The van der Waals surface area contributed by atoms with E-state index in [1.807, 2.05) is 36.4 Å². The smallest absolute Gasteiger partial charge is 0.407 e. The van der Waals surface area contributed by atoms with E-state index >= 15 is 0 Å². The number of aliphatic hydroxyl groups excluding tert-OH is 2. The molecule has 3 N–H and O–H groups in total. The summed E-state index contributed by atoms with van der Waals surface area (Å²) in [5, 5.41) is 22.9. The number of rotatable bonds is 6. The second-order valence-corrected chi connectivity index (χ2v) is 8.34. The molecule has 1 aliphatic carbocycles. The van der Waals surface area contributed by atoms with Crippen molar-refractivity contribution in [2.75, 3.05) is 13.2 Å². The number of nitrogens with one attached hydrogen (secondary N) is 1. The molecule has 0 saturated carbocycles. The Morgan fingerprint density at radius 1 is 1.03 bits per heavy atom. The van der Waals surface area contributed by atoms with Gasteiger partial charge in [0.25, 0.3) is 0 Å². The van der Waals surface area contributed by atoms with Gasteiger partial charge in [0.05, 0.1) is 0 Å². The third kappa shape index (κ3) is 4.63. The Balaban J connectivity index is 1.35. The molecule has 0 aliphatic heterocycles. The van der Waals surface area contributed by atoms with Gasteiger partial charge in [0, 0.05) is 16.9 Å². The molecule has 5 nitrogen and oxygen atoms in total. The van der Waals surface area contributed by atoms with Gasteiger partial charge in [0.2, 0.25) is 0 Å². The van der Waals surface area contributed by atoms with E-state index in [4.69, 9.17) is 4.74 Å². The van der Waals surface area contributed by atoms with Gasteiger partial charge in [-0.1, -0.05) is 64.5 Å². The SMILES string of the molecule is O=C(NCC(O)C(O)c1cc(F)cc(Br)c1)OCC1c2ccccc2-c2ccccc21. The van der Waals surface area contributed by atoms with Gasteiger partial charge in [-0.2, -0.15) is 0 Å². The van der Waals surface area contributed by atoms with Crippen molar-refractivity contribution in [3.8, 4) is 11.1 Å². The molecule has 0 spiro atoms. The van der Waals surface area contributed by atoms with Crippen LogP contribution in [0.3, 0.4) is 0 Å². The van der Waals surface area contributed by atoms with Crippen molar-refractivity contribution in [3.63, 3.8) is 0 Å². The molecule has 1 aliphatic rings. The molecule has 0 fully saturated rings. The van der Waals surface area contributed by atoms with Crippen LogP contribution in [0.5, 0.6) is 0 Å². The Morgan fingerprint density at radius 3 is 2.26 bits per heavy atom. The fraction of sp³-hybridized carbons (Fsp3) is 0.208. The summed E-state index contributed by atoms with van der Waals surface area (Å²) in [6.45, 7) is -0.0959. The molecule has 2 unspecified atom stereocenters. The van der Waals surface area contributed by atoms with E-state index in [0.29, 0.717) is 4.47 Å². The first kappa shape index (κ1) is 21.5. The summed E-state index contributed by atoms with van der Waals surface area (Å²) in [5.41, 5.74) is 4.67. The number of fused-ring (bicyclic) bond motifs is 3. The van der Waals surface area contributed by atoms with Gasteiger partial charge in [-0.3, -0.25) is 0 Å². The first-order valence-corrected chi connectivity index (χ1v) is 10.6. The molecule has 1 amide bonds. The van der Waals surface area contributed by atoms with Crippen molar-refractivity contribution in [3.05, 3.63) is 93.7 Å². The average Bonchev–Trinajstić information content (AvgIpc) is 3.08. The number of carbonyl (C=O) groups excluding carboxylic acids is 1. The van der Waals surface area contributed by atoms with Crippen LogP contribution >= 0.6 is 15.9 Å². The maximum atomic E-state index is 13.5. The fourth-order valence-corrected chi connectivity index (χ4v) is 4.40. The molecule has 0 saturated heterocycles. The van der Waals surface area contributed by atoms with E-state index in [2.05, 4.69) is 33.4 Å². The number of halogens is 2. The second kappa shape index (κ2) is 9.18. The van der Waals surface area contributed by atoms with Gasteiger partial charge >= 0.3 is 6.09 Å². The largest absolute Gasteiger partial charge is 0.449 e. The predicted octanol–water partition coefficient (Wildman–Crippen LogP) is 4.52. The topological polar surface area (TPSA) is 78.8 Å². The molecule has 0 radical (unpaired) electrons. The maximum Gasteiger partial charge on any atom is 0.407 e. The highest BCUT2D eigenvalue weighted by Gasteiger charge is 2.29. The molecule has 4 rings (SSSR count). The van der Waals surface area contributed by atoms with Gasteiger partial charge in [-0.25, -0.2) is 9.18 Å². The molecule has 31 heavy (non-hydrogen) atoms. The first-order chi connectivity index (χ1) is 14.9. The van der Waals surface area contributed by atoms with Crippen molar-refractivity contribution in [2.24, 2.45) is 0 Å². The van der Waals surface area contributed by atoms with Crippen molar-refractivity contribution in [2.45, 2.75) is 18.1 Å². The number of benzene rings is 3. The molecule has 3 aromatic rings. The summed E-state index contributed by atoms with van der Waals surface area (Å²) in [6, 6.07) is 19.9. The van der Waals surface area contributed by atoms with E-state index in [1.54, 1.807) is 0 Å². The van der Waals surface area contributed by atoms with Crippen molar-refractivity contribution in [1.29, 1.82) is 0 Å². The maximum absolute atomic E-state index is 13.5. The molecule has 160 valence electrons. The van der Waals surface area contributed by atoms with E-state index in [1.165, 1.54) is 12.1 Å². The van der Waals surface area contributed by atoms with E-state index < -0.39 is 24.1 Å². The number of hydrogen-bond donors (Lipinski definition) is 3. The Bertz CT molecular complexity index is 1040. The highest BCUT2D eigenvalue weighted by molar-refractivity contribution is 9.10. The molecular weight excluding hydrogens is 465 g/mol. The quantitative estimate of drug-likeness (QED) is 0.479. The van der Waals surface area contributed by atoms with E-state index in [-0.39, 0.29) is 24.6 Å². The lowest BCUT2D eigenvalue weighted by Crippen LogP contribution is -2.36. The Kier molecular flexibility index (Phi) is 6.36. The van der Waals surface area contributed by atoms with Gasteiger partial charge < -0.3 is 20.3 Å². The summed E-state index contributed by atoms with van der Waals surface area (Å²) >= 11 is 3.15. The number of hydrogen-bond acceptors (Lipinski definition) is 4. The Morgan fingerprint density at radius 2 is 1.65 bits per heavy atom. The van der Waals surface area contributed by atoms with E-state index in [9.17, 15) is 19.4 Å². The zero-order valence-electron chi connectivity index (χ0n) is 16.5. The minimum absolute atomic E-state index is 0.0710. The summed E-state index contributed by atoms with van der Waals surface area (Å²) in [5.74, 6) is -0.613. The van der Waals surface area contributed by atoms with Crippen LogP contribution in [-0.4, -0.2) is 35.6 Å². The highest BCUT2D eigenvalue weighted by atomic mass is 79.9. The molecule has 3 aromatic carbocycles. The summed E-state index contributed by atoms with van der Waals surface area (Å²) in [7, 11) is 0. The Hall–Kier alpha value is -2.74. The molecular formula is C24H21BrFNO4. The van der Waals surface area contributed by atoms with Crippen LogP contribution in [0.15, 0.2) is 71.2 Å². The predicted molar refractivity (Wildman–Crippen MR) is 118 cm³/mol.